The number of nitrogens with two attached hydrogens (primary N) is 1. The summed E-state index contributed by atoms with van der Waals surface area (Å²) in [6.07, 6.45) is 3.93. The van der Waals surface area contributed by atoms with Crippen molar-refractivity contribution in [1.82, 2.24) is 9.55 Å². The van der Waals surface area contributed by atoms with Crippen LogP contribution in [-0.4, -0.2) is 27.1 Å². The minimum Gasteiger partial charge on any atom is -0.365 e. The highest BCUT2D eigenvalue weighted by Gasteiger charge is 2.25. The zero-order valence-corrected chi connectivity index (χ0v) is 19.0. The molecule has 4 aromatic rings. The van der Waals surface area contributed by atoms with Gasteiger partial charge in [0.05, 0.1) is 22.3 Å². The van der Waals surface area contributed by atoms with Crippen LogP contribution in [-0.2, 0) is 17.6 Å². The lowest BCUT2D eigenvalue weighted by atomic mass is 9.95. The number of para-hydroxylation sites is 3. The fraction of sp³-hybridized carbons (Fsp3) is 0.208. The van der Waals surface area contributed by atoms with Gasteiger partial charge in [0, 0.05) is 10.6 Å². The van der Waals surface area contributed by atoms with Crippen LogP contribution in [0.1, 0.15) is 33.6 Å². The fourth-order valence-corrected chi connectivity index (χ4v) is 6.27. The Bertz CT molecular complexity index is 1310. The molecule has 5 rings (SSSR count). The van der Waals surface area contributed by atoms with Crippen molar-refractivity contribution < 1.29 is 9.59 Å². The first-order valence-corrected chi connectivity index (χ1v) is 12.3. The van der Waals surface area contributed by atoms with Crippen molar-refractivity contribution in [3.8, 4) is 5.69 Å². The van der Waals surface area contributed by atoms with Crippen LogP contribution < -0.4 is 11.1 Å². The molecule has 0 saturated heterocycles. The summed E-state index contributed by atoms with van der Waals surface area (Å²) in [5.41, 5.74) is 10.0. The molecule has 8 heteroatoms. The maximum Gasteiger partial charge on any atom is 0.251 e. The Morgan fingerprint density at radius 2 is 1.81 bits per heavy atom. The van der Waals surface area contributed by atoms with E-state index in [2.05, 4.69) is 9.88 Å². The summed E-state index contributed by atoms with van der Waals surface area (Å²) in [6.45, 7) is 0. The number of hydrogen-bond acceptors (Lipinski definition) is 5. The number of primary amides is 1. The number of anilines is 1. The summed E-state index contributed by atoms with van der Waals surface area (Å²) in [5, 5.41) is 4.25. The Balaban J connectivity index is 1.39. The molecule has 2 heterocycles. The molecule has 0 saturated carbocycles. The van der Waals surface area contributed by atoms with Crippen LogP contribution in [0.15, 0.2) is 59.8 Å². The molecule has 2 aromatic heterocycles. The molecule has 0 fully saturated rings. The third-order valence-electron chi connectivity index (χ3n) is 5.55. The Kier molecular flexibility index (Phi) is 5.71. The van der Waals surface area contributed by atoms with Crippen molar-refractivity contribution in [2.75, 3.05) is 11.1 Å². The molecule has 162 valence electrons. The highest BCUT2D eigenvalue weighted by molar-refractivity contribution is 7.99. The van der Waals surface area contributed by atoms with Gasteiger partial charge in [-0.15, -0.1) is 11.3 Å². The quantitative estimate of drug-likeness (QED) is 0.403. The number of thioether (sulfide) groups is 1. The summed E-state index contributed by atoms with van der Waals surface area (Å²) < 4.78 is 2.06. The SMILES string of the molecule is NC(=O)c1c(NC(=O)CSc2nc3ccccc3n2-c2ccccc2)sc2c1CCCC2. The lowest BCUT2D eigenvalue weighted by Gasteiger charge is -2.11. The first kappa shape index (κ1) is 20.8. The molecule has 0 radical (unpaired) electrons. The number of aromatic nitrogens is 2. The Morgan fingerprint density at radius 1 is 1.06 bits per heavy atom. The third-order valence-corrected chi connectivity index (χ3v) is 7.69. The Morgan fingerprint density at radius 3 is 2.62 bits per heavy atom. The first-order chi connectivity index (χ1) is 15.6. The predicted octanol–water partition coefficient (Wildman–Crippen LogP) is 4.80. The van der Waals surface area contributed by atoms with E-state index in [4.69, 9.17) is 10.7 Å². The monoisotopic (exact) mass is 462 g/mol. The van der Waals surface area contributed by atoms with Gasteiger partial charge in [-0.1, -0.05) is 42.1 Å². The number of rotatable bonds is 6. The number of nitrogens with zero attached hydrogens (tertiary/aromatic N) is 2. The van der Waals surface area contributed by atoms with Gasteiger partial charge in [0.2, 0.25) is 5.91 Å². The number of imidazole rings is 1. The standard InChI is InChI=1S/C24H22N4O2S2/c25-22(30)21-16-10-4-7-13-19(16)32-23(21)27-20(29)14-31-24-26-17-11-5-6-12-18(17)28(24)15-8-2-1-3-9-15/h1-3,5-6,8-9,11-12H,4,7,10,13-14H2,(H2,25,30)(H,27,29). The number of amides is 2. The van der Waals surface area contributed by atoms with Crippen LogP contribution in [0, 0.1) is 0 Å². The van der Waals surface area contributed by atoms with E-state index in [1.165, 1.54) is 28.0 Å². The van der Waals surface area contributed by atoms with E-state index in [1.807, 2.05) is 54.6 Å². The molecule has 2 aromatic carbocycles. The van der Waals surface area contributed by atoms with Gasteiger partial charge in [-0.3, -0.25) is 14.2 Å². The van der Waals surface area contributed by atoms with Crippen molar-refractivity contribution in [3.63, 3.8) is 0 Å². The molecule has 3 N–H and O–H groups in total. The second-order valence-corrected chi connectivity index (χ2v) is 9.72. The summed E-state index contributed by atoms with van der Waals surface area (Å²) >= 11 is 2.85. The van der Waals surface area contributed by atoms with Crippen LogP contribution in [0.25, 0.3) is 16.7 Å². The number of carbonyl (C=O) groups excluding carboxylic acids is 2. The number of carbonyl (C=O) groups is 2. The van der Waals surface area contributed by atoms with Gasteiger partial charge in [0.25, 0.3) is 5.91 Å². The van der Waals surface area contributed by atoms with Gasteiger partial charge in [0.15, 0.2) is 5.16 Å². The zero-order chi connectivity index (χ0) is 22.1. The van der Waals surface area contributed by atoms with Crippen molar-refractivity contribution in [3.05, 3.63) is 70.6 Å². The molecule has 1 aliphatic carbocycles. The van der Waals surface area contributed by atoms with Gasteiger partial charge in [-0.05, 0) is 55.5 Å². The van der Waals surface area contributed by atoms with Gasteiger partial charge >= 0.3 is 0 Å². The number of hydrogen-bond donors (Lipinski definition) is 2. The Labute approximate surface area is 193 Å². The van der Waals surface area contributed by atoms with E-state index in [-0.39, 0.29) is 11.7 Å². The molecule has 0 aliphatic heterocycles. The van der Waals surface area contributed by atoms with E-state index >= 15 is 0 Å². The maximum absolute atomic E-state index is 12.8. The van der Waals surface area contributed by atoms with Crippen molar-refractivity contribution in [1.29, 1.82) is 0 Å². The average molecular weight is 463 g/mol. The van der Waals surface area contributed by atoms with Crippen LogP contribution in [0.5, 0.6) is 0 Å². The van der Waals surface area contributed by atoms with Crippen LogP contribution in [0.3, 0.4) is 0 Å². The van der Waals surface area contributed by atoms with Gasteiger partial charge in [-0.2, -0.15) is 0 Å². The van der Waals surface area contributed by atoms with E-state index < -0.39 is 5.91 Å². The summed E-state index contributed by atoms with van der Waals surface area (Å²) in [7, 11) is 0. The largest absolute Gasteiger partial charge is 0.365 e. The van der Waals surface area contributed by atoms with E-state index in [0.717, 1.165) is 53.1 Å². The average Bonchev–Trinajstić information content (AvgIpc) is 3.36. The van der Waals surface area contributed by atoms with E-state index in [0.29, 0.717) is 10.6 Å². The summed E-state index contributed by atoms with van der Waals surface area (Å²) in [6, 6.07) is 17.9. The topological polar surface area (TPSA) is 90.0 Å². The van der Waals surface area contributed by atoms with Crippen molar-refractivity contribution in [2.24, 2.45) is 5.73 Å². The maximum atomic E-state index is 12.8. The number of aryl methyl sites for hydroxylation is 1. The molecule has 0 atom stereocenters. The molecule has 0 bridgehead atoms. The minimum atomic E-state index is -0.474. The van der Waals surface area contributed by atoms with Gasteiger partial charge < -0.3 is 11.1 Å². The number of benzene rings is 2. The highest BCUT2D eigenvalue weighted by atomic mass is 32.2. The zero-order valence-electron chi connectivity index (χ0n) is 17.3. The fourth-order valence-electron chi connectivity index (χ4n) is 4.13. The molecule has 2 amide bonds. The van der Waals surface area contributed by atoms with Crippen molar-refractivity contribution in [2.45, 2.75) is 30.8 Å². The molecular weight excluding hydrogens is 440 g/mol. The van der Waals surface area contributed by atoms with Gasteiger partial charge in [0.1, 0.15) is 5.00 Å². The molecule has 32 heavy (non-hydrogen) atoms. The van der Waals surface area contributed by atoms with Crippen LogP contribution >= 0.6 is 23.1 Å². The second-order valence-electron chi connectivity index (χ2n) is 7.67. The molecule has 0 unspecified atom stereocenters. The molecule has 6 nitrogen and oxygen atoms in total. The molecular formula is C24H22N4O2S2. The smallest absolute Gasteiger partial charge is 0.251 e. The lowest BCUT2D eigenvalue weighted by molar-refractivity contribution is -0.113. The van der Waals surface area contributed by atoms with E-state index in [9.17, 15) is 9.59 Å². The van der Waals surface area contributed by atoms with E-state index in [1.54, 1.807) is 0 Å². The molecule has 1 aliphatic rings. The second kappa shape index (κ2) is 8.80. The summed E-state index contributed by atoms with van der Waals surface area (Å²) in [5.74, 6) is -0.474. The number of nitrogens with one attached hydrogen (secondary N) is 1. The van der Waals surface area contributed by atoms with Crippen LogP contribution in [0.2, 0.25) is 0 Å². The molecule has 0 spiro atoms. The van der Waals surface area contributed by atoms with Crippen LogP contribution in [0.4, 0.5) is 5.00 Å². The predicted molar refractivity (Wildman–Crippen MR) is 130 cm³/mol. The highest BCUT2D eigenvalue weighted by Crippen LogP contribution is 2.38. The van der Waals surface area contributed by atoms with Gasteiger partial charge in [-0.25, -0.2) is 4.98 Å². The normalized spacial score (nSPS) is 13.1. The Hall–Kier alpha value is -3.10. The third kappa shape index (κ3) is 3.91. The lowest BCUT2D eigenvalue weighted by Crippen LogP contribution is -2.19. The number of thiophene rings is 1. The minimum absolute atomic E-state index is 0.178. The first-order valence-electron chi connectivity index (χ1n) is 10.5. The number of fused-ring (bicyclic) bond motifs is 2. The summed E-state index contributed by atoms with van der Waals surface area (Å²) in [4.78, 5) is 30.8. The van der Waals surface area contributed by atoms with Crippen molar-refractivity contribution >= 4 is 50.9 Å².